The molecule has 3 heteroatoms. The van der Waals surface area contributed by atoms with Crippen LogP contribution in [0.2, 0.25) is 0 Å². The van der Waals surface area contributed by atoms with Crippen molar-refractivity contribution in [1.82, 2.24) is 4.90 Å². The molecule has 0 aliphatic heterocycles. The van der Waals surface area contributed by atoms with E-state index in [4.69, 9.17) is 9.47 Å². The molecule has 0 amide bonds. The van der Waals surface area contributed by atoms with E-state index in [1.807, 2.05) is 19.1 Å². The van der Waals surface area contributed by atoms with E-state index in [9.17, 15) is 0 Å². The molecule has 1 aromatic rings. The van der Waals surface area contributed by atoms with Crippen LogP contribution in [0.4, 0.5) is 0 Å². The van der Waals surface area contributed by atoms with Crippen molar-refractivity contribution in [2.75, 3.05) is 26.8 Å². The summed E-state index contributed by atoms with van der Waals surface area (Å²) in [7, 11) is 2.14. The third-order valence-electron chi connectivity index (χ3n) is 2.85. The van der Waals surface area contributed by atoms with Crippen molar-refractivity contribution in [3.8, 4) is 5.75 Å². The molecule has 0 aromatic heterocycles. The predicted octanol–water partition coefficient (Wildman–Crippen LogP) is 3.33. The predicted molar refractivity (Wildman–Crippen MR) is 79.7 cm³/mol. The molecule has 0 aliphatic carbocycles. The Kier molecular flexibility index (Phi) is 7.53. The van der Waals surface area contributed by atoms with Gasteiger partial charge in [0.1, 0.15) is 5.75 Å². The van der Waals surface area contributed by atoms with Crippen LogP contribution in [-0.4, -0.2) is 37.8 Å². The molecule has 0 aliphatic rings. The minimum Gasteiger partial charge on any atom is -0.494 e. The maximum atomic E-state index is 5.64. The first-order chi connectivity index (χ1) is 9.13. The van der Waals surface area contributed by atoms with Gasteiger partial charge in [-0.05, 0) is 40.3 Å². The SMILES string of the molecule is CCOc1ccccc1CN(C)CCCOC(C)C. The molecule has 0 bridgehead atoms. The number of rotatable bonds is 9. The fourth-order valence-corrected chi connectivity index (χ4v) is 1.95. The number of hydrogen-bond donors (Lipinski definition) is 0. The van der Waals surface area contributed by atoms with E-state index < -0.39 is 0 Å². The topological polar surface area (TPSA) is 21.7 Å². The average Bonchev–Trinajstić information content (AvgIpc) is 2.37. The van der Waals surface area contributed by atoms with E-state index in [1.54, 1.807) is 0 Å². The van der Waals surface area contributed by atoms with Gasteiger partial charge >= 0.3 is 0 Å². The summed E-state index contributed by atoms with van der Waals surface area (Å²) in [5, 5.41) is 0. The van der Waals surface area contributed by atoms with Crippen LogP contribution in [0, 0.1) is 0 Å². The summed E-state index contributed by atoms with van der Waals surface area (Å²) in [6, 6.07) is 8.25. The normalized spacial score (nSPS) is 11.3. The molecule has 3 nitrogen and oxygen atoms in total. The van der Waals surface area contributed by atoms with Crippen LogP contribution in [-0.2, 0) is 11.3 Å². The third kappa shape index (κ3) is 6.60. The molecule has 0 unspecified atom stereocenters. The van der Waals surface area contributed by atoms with Gasteiger partial charge in [-0.15, -0.1) is 0 Å². The molecule has 0 heterocycles. The lowest BCUT2D eigenvalue weighted by molar-refractivity contribution is 0.0717. The van der Waals surface area contributed by atoms with Crippen LogP contribution in [0.5, 0.6) is 5.75 Å². The van der Waals surface area contributed by atoms with Crippen molar-refractivity contribution in [3.05, 3.63) is 29.8 Å². The Bertz CT molecular complexity index is 352. The lowest BCUT2D eigenvalue weighted by atomic mass is 10.2. The Morgan fingerprint density at radius 1 is 1.21 bits per heavy atom. The van der Waals surface area contributed by atoms with Crippen molar-refractivity contribution in [3.63, 3.8) is 0 Å². The summed E-state index contributed by atoms with van der Waals surface area (Å²) in [6.45, 7) is 9.65. The van der Waals surface area contributed by atoms with Crippen LogP contribution < -0.4 is 4.74 Å². The molecule has 0 radical (unpaired) electrons. The molecule has 0 saturated carbocycles. The van der Waals surface area contributed by atoms with E-state index in [0.717, 1.165) is 31.9 Å². The fraction of sp³-hybridized carbons (Fsp3) is 0.625. The summed E-state index contributed by atoms with van der Waals surface area (Å²) in [6.07, 6.45) is 1.38. The monoisotopic (exact) mass is 265 g/mol. The van der Waals surface area contributed by atoms with E-state index in [0.29, 0.717) is 12.7 Å². The largest absolute Gasteiger partial charge is 0.494 e. The zero-order chi connectivity index (χ0) is 14.1. The second-order valence-corrected chi connectivity index (χ2v) is 5.05. The van der Waals surface area contributed by atoms with Gasteiger partial charge in [-0.1, -0.05) is 18.2 Å². The highest BCUT2D eigenvalue weighted by molar-refractivity contribution is 5.33. The molecule has 0 spiro atoms. The molecule has 108 valence electrons. The maximum absolute atomic E-state index is 5.64. The first kappa shape index (κ1) is 16.0. The van der Waals surface area contributed by atoms with E-state index in [1.165, 1.54) is 5.56 Å². The highest BCUT2D eigenvalue weighted by Crippen LogP contribution is 2.19. The Morgan fingerprint density at radius 3 is 2.63 bits per heavy atom. The molecule has 0 fully saturated rings. The van der Waals surface area contributed by atoms with E-state index >= 15 is 0 Å². The molecule has 0 saturated heterocycles. The Balaban J connectivity index is 2.37. The van der Waals surface area contributed by atoms with Crippen molar-refractivity contribution in [2.24, 2.45) is 0 Å². The van der Waals surface area contributed by atoms with Gasteiger partial charge in [-0.3, -0.25) is 0 Å². The van der Waals surface area contributed by atoms with E-state index in [2.05, 4.69) is 37.9 Å². The van der Waals surface area contributed by atoms with Gasteiger partial charge in [0.05, 0.1) is 12.7 Å². The number of nitrogens with zero attached hydrogens (tertiary/aromatic N) is 1. The van der Waals surface area contributed by atoms with Crippen molar-refractivity contribution in [1.29, 1.82) is 0 Å². The third-order valence-corrected chi connectivity index (χ3v) is 2.85. The molecule has 0 atom stereocenters. The Hall–Kier alpha value is -1.06. The smallest absolute Gasteiger partial charge is 0.123 e. The quantitative estimate of drug-likeness (QED) is 0.639. The number of benzene rings is 1. The summed E-state index contributed by atoms with van der Waals surface area (Å²) < 4.78 is 11.2. The lowest BCUT2D eigenvalue weighted by Gasteiger charge is -2.19. The summed E-state index contributed by atoms with van der Waals surface area (Å²) in [5.41, 5.74) is 1.25. The highest BCUT2D eigenvalue weighted by atomic mass is 16.5. The first-order valence-electron chi connectivity index (χ1n) is 7.14. The van der Waals surface area contributed by atoms with Crippen LogP contribution in [0.3, 0.4) is 0 Å². The molecule has 1 aromatic carbocycles. The molecule has 19 heavy (non-hydrogen) atoms. The van der Waals surface area contributed by atoms with Gasteiger partial charge in [-0.25, -0.2) is 0 Å². The standard InChI is InChI=1S/C16H27NO2/c1-5-18-16-10-7-6-9-15(16)13-17(4)11-8-12-19-14(2)3/h6-7,9-10,14H,5,8,11-13H2,1-4H3. The van der Waals surface area contributed by atoms with Crippen LogP contribution in [0.15, 0.2) is 24.3 Å². The molecule has 0 N–H and O–H groups in total. The summed E-state index contributed by atoms with van der Waals surface area (Å²) in [5.74, 6) is 0.996. The minimum absolute atomic E-state index is 0.323. The van der Waals surface area contributed by atoms with Crippen LogP contribution in [0.25, 0.3) is 0 Å². The van der Waals surface area contributed by atoms with Gasteiger partial charge in [-0.2, -0.15) is 0 Å². The van der Waals surface area contributed by atoms with Crippen LogP contribution in [0.1, 0.15) is 32.8 Å². The number of hydrogen-bond acceptors (Lipinski definition) is 3. The van der Waals surface area contributed by atoms with Crippen molar-refractivity contribution in [2.45, 2.75) is 39.8 Å². The van der Waals surface area contributed by atoms with Crippen LogP contribution >= 0.6 is 0 Å². The van der Waals surface area contributed by atoms with Gasteiger partial charge in [0.25, 0.3) is 0 Å². The summed E-state index contributed by atoms with van der Waals surface area (Å²) in [4.78, 5) is 2.31. The number of para-hydroxylation sites is 1. The van der Waals surface area contributed by atoms with Gasteiger partial charge < -0.3 is 14.4 Å². The first-order valence-corrected chi connectivity index (χ1v) is 7.14. The fourth-order valence-electron chi connectivity index (χ4n) is 1.95. The Morgan fingerprint density at radius 2 is 1.95 bits per heavy atom. The van der Waals surface area contributed by atoms with Gasteiger partial charge in [0.15, 0.2) is 0 Å². The maximum Gasteiger partial charge on any atom is 0.123 e. The molecule has 1 rings (SSSR count). The summed E-state index contributed by atoms with van der Waals surface area (Å²) >= 11 is 0. The second kappa shape index (κ2) is 8.94. The zero-order valence-electron chi connectivity index (χ0n) is 12.7. The average molecular weight is 265 g/mol. The van der Waals surface area contributed by atoms with Crippen molar-refractivity contribution >= 4 is 0 Å². The molecular formula is C16H27NO2. The molecular weight excluding hydrogens is 238 g/mol. The Labute approximate surface area is 117 Å². The highest BCUT2D eigenvalue weighted by Gasteiger charge is 2.06. The van der Waals surface area contributed by atoms with Gasteiger partial charge in [0.2, 0.25) is 0 Å². The number of ether oxygens (including phenoxy) is 2. The van der Waals surface area contributed by atoms with Gasteiger partial charge in [0, 0.05) is 25.3 Å². The van der Waals surface area contributed by atoms with Crippen molar-refractivity contribution < 1.29 is 9.47 Å². The zero-order valence-corrected chi connectivity index (χ0v) is 12.7. The minimum atomic E-state index is 0.323. The second-order valence-electron chi connectivity index (χ2n) is 5.05. The van der Waals surface area contributed by atoms with E-state index in [-0.39, 0.29) is 0 Å². The lowest BCUT2D eigenvalue weighted by Crippen LogP contribution is -2.21.